The van der Waals surface area contributed by atoms with Crippen LogP contribution in [0.25, 0.3) is 0 Å². The van der Waals surface area contributed by atoms with Crippen LogP contribution in [0.3, 0.4) is 0 Å². The molecule has 0 radical (unpaired) electrons. The molecule has 1 amide bonds. The zero-order chi connectivity index (χ0) is 23.7. The van der Waals surface area contributed by atoms with E-state index < -0.39 is 40.8 Å². The smallest absolute Gasteiger partial charge is 0.416 e. The third-order valence-corrected chi connectivity index (χ3v) is 4.98. The van der Waals surface area contributed by atoms with Crippen LogP contribution in [0.4, 0.5) is 32.0 Å². The number of nitrogens with two attached hydrogens (primary N) is 1. The zero-order valence-corrected chi connectivity index (χ0v) is 16.6. The molecule has 3 N–H and O–H groups in total. The van der Waals surface area contributed by atoms with Gasteiger partial charge in [-0.2, -0.15) is 26.3 Å². The number of benzene rings is 2. The number of halogens is 6. The largest absolute Gasteiger partial charge is 0.507 e. The van der Waals surface area contributed by atoms with E-state index in [1.165, 1.54) is 18.2 Å². The molecule has 1 heterocycles. The van der Waals surface area contributed by atoms with Gasteiger partial charge in [0.25, 0.3) is 5.91 Å². The number of carbonyl (C=O) groups is 1. The van der Waals surface area contributed by atoms with Crippen molar-refractivity contribution in [2.45, 2.75) is 31.6 Å². The van der Waals surface area contributed by atoms with Crippen LogP contribution in [0.2, 0.25) is 0 Å². The van der Waals surface area contributed by atoms with E-state index in [0.717, 1.165) is 19.3 Å². The Hall–Kier alpha value is -3.24. The lowest BCUT2D eigenvalue weighted by atomic mass is 10.1. The zero-order valence-electron chi connectivity index (χ0n) is 16.6. The number of amidine groups is 1. The third-order valence-electron chi connectivity index (χ3n) is 4.98. The van der Waals surface area contributed by atoms with Crippen molar-refractivity contribution in [3.05, 3.63) is 58.7 Å². The molecule has 1 fully saturated rings. The fourth-order valence-electron chi connectivity index (χ4n) is 3.36. The summed E-state index contributed by atoms with van der Waals surface area (Å²) in [6.07, 6.45) is -7.39. The van der Waals surface area contributed by atoms with E-state index in [-0.39, 0.29) is 23.1 Å². The van der Waals surface area contributed by atoms with Gasteiger partial charge < -0.3 is 15.7 Å². The lowest BCUT2D eigenvalue weighted by Gasteiger charge is -2.26. The van der Waals surface area contributed by atoms with Crippen LogP contribution in [0.5, 0.6) is 5.75 Å². The van der Waals surface area contributed by atoms with Gasteiger partial charge in [-0.3, -0.25) is 4.79 Å². The number of carbonyl (C=O) groups excluding carboxylic acids is 1. The number of hydrogen-bond donors (Lipinski definition) is 2. The molecular formula is C21H19F6N3O2. The molecule has 11 heteroatoms. The minimum atomic E-state index is -5.04. The van der Waals surface area contributed by atoms with E-state index in [1.807, 2.05) is 0 Å². The number of piperidine rings is 1. The molecule has 0 aromatic heterocycles. The first-order valence-electron chi connectivity index (χ1n) is 9.62. The normalized spacial score (nSPS) is 15.7. The van der Waals surface area contributed by atoms with Crippen molar-refractivity contribution in [3.63, 3.8) is 0 Å². The van der Waals surface area contributed by atoms with Gasteiger partial charge in [-0.25, -0.2) is 4.99 Å². The van der Waals surface area contributed by atoms with Gasteiger partial charge in [0.05, 0.1) is 22.4 Å². The quantitative estimate of drug-likeness (QED) is 0.381. The first kappa shape index (κ1) is 23.4. The molecule has 0 bridgehead atoms. The number of nitrogens with zero attached hydrogens (tertiary/aromatic N) is 2. The predicted octanol–water partition coefficient (Wildman–Crippen LogP) is 5.09. The second kappa shape index (κ2) is 8.71. The highest BCUT2D eigenvalue weighted by atomic mass is 19.4. The molecule has 1 aliphatic heterocycles. The van der Waals surface area contributed by atoms with Crippen molar-refractivity contribution in [1.82, 2.24) is 4.90 Å². The molecule has 0 unspecified atom stereocenters. The van der Waals surface area contributed by atoms with Crippen molar-refractivity contribution < 1.29 is 36.2 Å². The van der Waals surface area contributed by atoms with Crippen LogP contribution in [0.15, 0.2) is 41.4 Å². The number of phenols is 1. The lowest BCUT2D eigenvalue weighted by Crippen LogP contribution is -2.35. The maximum atomic E-state index is 13.0. The van der Waals surface area contributed by atoms with Gasteiger partial charge in [0.1, 0.15) is 11.6 Å². The average Bonchev–Trinajstić information content (AvgIpc) is 2.72. The minimum absolute atomic E-state index is 0.0232. The summed E-state index contributed by atoms with van der Waals surface area (Å²) in [5.41, 5.74) is 1.99. The molecule has 0 saturated carbocycles. The highest BCUT2D eigenvalue weighted by Crippen LogP contribution is 2.38. The minimum Gasteiger partial charge on any atom is -0.507 e. The Kier molecular flexibility index (Phi) is 6.38. The summed E-state index contributed by atoms with van der Waals surface area (Å²) < 4.78 is 78.3. The summed E-state index contributed by atoms with van der Waals surface area (Å²) in [4.78, 5) is 17.9. The third kappa shape index (κ3) is 5.32. The summed E-state index contributed by atoms with van der Waals surface area (Å²) in [6, 6.07) is 4.55. The first-order valence-corrected chi connectivity index (χ1v) is 9.62. The predicted molar refractivity (Wildman–Crippen MR) is 105 cm³/mol. The number of rotatable bonds is 3. The average molecular weight is 459 g/mol. The molecule has 0 spiro atoms. The Labute approximate surface area is 179 Å². The molecule has 2 aromatic carbocycles. The van der Waals surface area contributed by atoms with Crippen LogP contribution in [-0.4, -0.2) is 34.8 Å². The number of hydrogen-bond acceptors (Lipinski definition) is 3. The molecule has 2 aromatic rings. The molecule has 1 aliphatic rings. The van der Waals surface area contributed by atoms with Crippen LogP contribution < -0.4 is 5.73 Å². The van der Waals surface area contributed by atoms with E-state index in [9.17, 15) is 36.2 Å². The van der Waals surface area contributed by atoms with Crippen molar-refractivity contribution in [1.29, 1.82) is 0 Å². The van der Waals surface area contributed by atoms with Crippen LogP contribution >= 0.6 is 0 Å². The highest BCUT2D eigenvalue weighted by molar-refractivity contribution is 6.04. The molecular weight excluding hydrogens is 440 g/mol. The molecule has 32 heavy (non-hydrogen) atoms. The van der Waals surface area contributed by atoms with Crippen LogP contribution in [0, 0.1) is 0 Å². The summed E-state index contributed by atoms with van der Waals surface area (Å²) in [6.45, 7) is 1.12. The van der Waals surface area contributed by atoms with Crippen molar-refractivity contribution in [2.24, 2.45) is 10.7 Å². The maximum absolute atomic E-state index is 13.0. The Morgan fingerprint density at radius 3 is 2.00 bits per heavy atom. The summed E-state index contributed by atoms with van der Waals surface area (Å²) >= 11 is 0. The van der Waals surface area contributed by atoms with Gasteiger partial charge in [0.15, 0.2) is 0 Å². The van der Waals surface area contributed by atoms with Gasteiger partial charge in [0, 0.05) is 18.7 Å². The van der Waals surface area contributed by atoms with Gasteiger partial charge in [-0.1, -0.05) is 0 Å². The molecule has 3 rings (SSSR count). The summed E-state index contributed by atoms with van der Waals surface area (Å²) in [5.74, 6) is -1.29. The maximum Gasteiger partial charge on any atom is 0.416 e. The number of aliphatic imine (C=N–C) groups is 1. The van der Waals surface area contributed by atoms with Crippen LogP contribution in [0.1, 0.15) is 46.3 Å². The second-order valence-electron chi connectivity index (χ2n) is 7.35. The number of aromatic hydroxyl groups is 1. The first-order chi connectivity index (χ1) is 14.9. The van der Waals surface area contributed by atoms with E-state index in [4.69, 9.17) is 5.73 Å². The Morgan fingerprint density at radius 2 is 1.47 bits per heavy atom. The highest BCUT2D eigenvalue weighted by Gasteiger charge is 2.37. The summed E-state index contributed by atoms with van der Waals surface area (Å²) in [7, 11) is 0. The van der Waals surface area contributed by atoms with Crippen LogP contribution in [-0.2, 0) is 12.4 Å². The number of alkyl halides is 6. The van der Waals surface area contributed by atoms with E-state index in [2.05, 4.69) is 4.99 Å². The van der Waals surface area contributed by atoms with E-state index in [1.54, 1.807) is 4.90 Å². The monoisotopic (exact) mass is 459 g/mol. The van der Waals surface area contributed by atoms with Gasteiger partial charge >= 0.3 is 12.4 Å². The van der Waals surface area contributed by atoms with Gasteiger partial charge in [-0.15, -0.1) is 0 Å². The fourth-order valence-corrected chi connectivity index (χ4v) is 3.36. The van der Waals surface area contributed by atoms with Crippen molar-refractivity contribution in [2.75, 3.05) is 13.1 Å². The van der Waals surface area contributed by atoms with Gasteiger partial charge in [-0.05, 0) is 55.7 Å². The topological polar surface area (TPSA) is 78.9 Å². The molecule has 1 saturated heterocycles. The second-order valence-corrected chi connectivity index (χ2v) is 7.35. The number of amides is 1. The van der Waals surface area contributed by atoms with Crippen molar-refractivity contribution in [3.8, 4) is 5.75 Å². The number of likely N-dealkylation sites (tertiary alicyclic amines) is 1. The Bertz CT molecular complexity index is 1010. The Balaban J connectivity index is 2.00. The molecule has 0 atom stereocenters. The SMILES string of the molecule is NC(=Nc1cc(C(F)(F)F)cc(C(F)(F)F)c1)c1cc(C(=O)N2CCCCC2)ccc1O. The van der Waals surface area contributed by atoms with Gasteiger partial charge in [0.2, 0.25) is 0 Å². The standard InChI is InChI=1S/C21H19F6N3O2/c22-20(23,24)13-9-14(21(25,26)27)11-15(10-13)29-18(28)16-8-12(4-5-17(16)31)19(32)30-6-2-1-3-7-30/h4-5,8-11,31H,1-3,6-7H2,(H2,28,29). The molecule has 5 nitrogen and oxygen atoms in total. The molecule has 172 valence electrons. The van der Waals surface area contributed by atoms with E-state index >= 15 is 0 Å². The molecule has 0 aliphatic carbocycles. The number of phenolic OH excluding ortho intramolecular Hbond substituents is 1. The summed E-state index contributed by atoms with van der Waals surface area (Å²) in [5, 5.41) is 10.1. The van der Waals surface area contributed by atoms with E-state index in [0.29, 0.717) is 25.2 Å². The van der Waals surface area contributed by atoms with Crippen molar-refractivity contribution >= 4 is 17.4 Å². The Morgan fingerprint density at radius 1 is 0.906 bits per heavy atom. The fraction of sp³-hybridized carbons (Fsp3) is 0.333. The lowest BCUT2D eigenvalue weighted by molar-refractivity contribution is -0.143.